The number of nitrogens with zero attached hydrogens (tertiary/aromatic N) is 1. The zero-order valence-corrected chi connectivity index (χ0v) is 11.5. The highest BCUT2D eigenvalue weighted by Crippen LogP contribution is 2.33. The van der Waals surface area contributed by atoms with E-state index in [9.17, 15) is 0 Å². The van der Waals surface area contributed by atoms with Crippen molar-refractivity contribution in [3.63, 3.8) is 0 Å². The molecule has 3 heteroatoms. The maximum Gasteiger partial charge on any atom is 0.0380 e. The number of rotatable bonds is 5. The largest absolute Gasteiger partial charge is 0.369 e. The second-order valence-electron chi connectivity index (χ2n) is 4.32. The van der Waals surface area contributed by atoms with Gasteiger partial charge >= 0.3 is 0 Å². The number of anilines is 1. The molecule has 1 N–H and O–H groups in total. The summed E-state index contributed by atoms with van der Waals surface area (Å²) in [4.78, 5) is 2.49. The second-order valence-corrected chi connectivity index (χ2v) is 5.18. The number of halogens is 1. The molecule has 0 heterocycles. The fourth-order valence-electron chi connectivity index (χ4n) is 2.09. The number of hydrogen-bond acceptors (Lipinski definition) is 2. The monoisotopic (exact) mass is 282 g/mol. The molecular weight excluding hydrogens is 264 g/mol. The maximum atomic E-state index is 3.65. The van der Waals surface area contributed by atoms with Crippen molar-refractivity contribution in [2.45, 2.75) is 32.4 Å². The molecule has 1 saturated carbocycles. The molecule has 0 atom stereocenters. The van der Waals surface area contributed by atoms with Crippen molar-refractivity contribution in [2.24, 2.45) is 0 Å². The van der Waals surface area contributed by atoms with Gasteiger partial charge in [0.15, 0.2) is 0 Å². The van der Waals surface area contributed by atoms with Gasteiger partial charge in [0.25, 0.3) is 0 Å². The normalized spacial score (nSPS) is 15.2. The van der Waals surface area contributed by atoms with E-state index in [0.29, 0.717) is 0 Å². The Balaban J connectivity index is 2.18. The summed E-state index contributed by atoms with van der Waals surface area (Å²) in [7, 11) is 1.98. The quantitative estimate of drug-likeness (QED) is 0.893. The van der Waals surface area contributed by atoms with Crippen molar-refractivity contribution < 1.29 is 0 Å². The Kier molecular flexibility index (Phi) is 3.87. The lowest BCUT2D eigenvalue weighted by atomic mass is 10.2. The molecule has 0 spiro atoms. The molecule has 1 aromatic carbocycles. The van der Waals surface area contributed by atoms with E-state index in [-0.39, 0.29) is 0 Å². The second kappa shape index (κ2) is 5.19. The Morgan fingerprint density at radius 3 is 2.69 bits per heavy atom. The van der Waals surface area contributed by atoms with Crippen molar-refractivity contribution in [2.75, 3.05) is 18.5 Å². The summed E-state index contributed by atoms with van der Waals surface area (Å²) >= 11 is 3.65. The minimum atomic E-state index is 0.784. The lowest BCUT2D eigenvalue weighted by Gasteiger charge is -2.23. The van der Waals surface area contributed by atoms with Gasteiger partial charge in [-0.25, -0.2) is 0 Å². The molecule has 1 fully saturated rings. The number of hydrogen-bond donors (Lipinski definition) is 1. The SMILES string of the molecule is CCN(c1ccc(CNC)c(Br)c1)C1CC1. The van der Waals surface area contributed by atoms with Gasteiger partial charge in [-0.1, -0.05) is 22.0 Å². The lowest BCUT2D eigenvalue weighted by Crippen LogP contribution is -2.25. The van der Waals surface area contributed by atoms with Gasteiger partial charge in [0.05, 0.1) is 0 Å². The van der Waals surface area contributed by atoms with Gasteiger partial charge in [-0.2, -0.15) is 0 Å². The van der Waals surface area contributed by atoms with Crippen molar-refractivity contribution in [3.05, 3.63) is 28.2 Å². The topological polar surface area (TPSA) is 15.3 Å². The first-order valence-electron chi connectivity index (χ1n) is 5.96. The molecule has 0 amide bonds. The smallest absolute Gasteiger partial charge is 0.0380 e. The molecule has 1 aliphatic rings. The van der Waals surface area contributed by atoms with Crippen LogP contribution in [0.4, 0.5) is 5.69 Å². The van der Waals surface area contributed by atoms with Crippen molar-refractivity contribution in [1.82, 2.24) is 5.32 Å². The first kappa shape index (κ1) is 11.9. The fraction of sp³-hybridized carbons (Fsp3) is 0.538. The van der Waals surface area contributed by atoms with Crippen LogP contribution < -0.4 is 10.2 Å². The third-order valence-corrected chi connectivity index (χ3v) is 3.80. The van der Waals surface area contributed by atoms with E-state index in [1.54, 1.807) is 0 Å². The van der Waals surface area contributed by atoms with Gasteiger partial charge in [0, 0.05) is 29.3 Å². The number of benzene rings is 1. The Morgan fingerprint density at radius 2 is 2.19 bits per heavy atom. The minimum Gasteiger partial charge on any atom is -0.369 e. The maximum absolute atomic E-state index is 3.65. The third-order valence-electron chi connectivity index (χ3n) is 3.06. The van der Waals surface area contributed by atoms with Gasteiger partial charge in [0.2, 0.25) is 0 Å². The molecule has 1 aromatic rings. The average Bonchev–Trinajstić information content (AvgIpc) is 3.07. The van der Waals surface area contributed by atoms with E-state index >= 15 is 0 Å². The molecule has 88 valence electrons. The van der Waals surface area contributed by atoms with E-state index in [1.807, 2.05) is 7.05 Å². The zero-order chi connectivity index (χ0) is 11.5. The molecule has 1 aliphatic carbocycles. The lowest BCUT2D eigenvalue weighted by molar-refractivity contribution is 0.807. The molecule has 16 heavy (non-hydrogen) atoms. The Hall–Kier alpha value is -0.540. The first-order valence-corrected chi connectivity index (χ1v) is 6.75. The summed E-state index contributed by atoms with van der Waals surface area (Å²) in [5.41, 5.74) is 2.66. The van der Waals surface area contributed by atoms with E-state index in [4.69, 9.17) is 0 Å². The molecule has 2 nitrogen and oxygen atoms in total. The molecule has 2 rings (SSSR count). The predicted molar refractivity (Wildman–Crippen MR) is 72.9 cm³/mol. The zero-order valence-electron chi connectivity index (χ0n) is 9.96. The Bertz CT molecular complexity index is 361. The van der Waals surface area contributed by atoms with Gasteiger partial charge in [-0.3, -0.25) is 0 Å². The summed E-state index contributed by atoms with van der Waals surface area (Å²) in [5, 5.41) is 3.18. The van der Waals surface area contributed by atoms with Crippen molar-refractivity contribution in [1.29, 1.82) is 0 Å². The van der Waals surface area contributed by atoms with Crippen molar-refractivity contribution in [3.8, 4) is 0 Å². The highest BCUT2D eigenvalue weighted by atomic mass is 79.9. The van der Waals surface area contributed by atoms with Crippen molar-refractivity contribution >= 4 is 21.6 Å². The predicted octanol–water partition coefficient (Wildman–Crippen LogP) is 3.16. The Labute approximate surface area is 106 Å². The van der Waals surface area contributed by atoms with Gasteiger partial charge in [-0.05, 0) is 44.5 Å². The molecule has 0 radical (unpaired) electrons. The summed E-state index contributed by atoms with van der Waals surface area (Å²) in [6, 6.07) is 7.47. The summed E-state index contributed by atoms with van der Waals surface area (Å²) < 4.78 is 1.21. The van der Waals surface area contributed by atoms with Crippen LogP contribution in [-0.4, -0.2) is 19.6 Å². The van der Waals surface area contributed by atoms with Gasteiger partial charge in [-0.15, -0.1) is 0 Å². The minimum absolute atomic E-state index is 0.784. The summed E-state index contributed by atoms with van der Waals surface area (Å²) in [6.45, 7) is 4.24. The molecule has 0 aliphatic heterocycles. The molecule has 0 saturated heterocycles. The summed E-state index contributed by atoms with van der Waals surface area (Å²) in [5.74, 6) is 0. The van der Waals surface area contributed by atoms with E-state index in [1.165, 1.54) is 28.6 Å². The highest BCUT2D eigenvalue weighted by Gasteiger charge is 2.28. The third kappa shape index (κ3) is 2.58. The molecule has 0 aromatic heterocycles. The van der Waals surface area contributed by atoms with Gasteiger partial charge < -0.3 is 10.2 Å². The van der Waals surface area contributed by atoms with Crippen LogP contribution in [0, 0.1) is 0 Å². The standard InChI is InChI=1S/C13H19BrN2/c1-3-16(11-6-7-11)12-5-4-10(9-15-2)13(14)8-12/h4-5,8,11,15H,3,6-7,9H2,1-2H3. The van der Waals surface area contributed by atoms with Crippen LogP contribution in [0.5, 0.6) is 0 Å². The fourth-order valence-corrected chi connectivity index (χ4v) is 2.59. The molecule has 0 bridgehead atoms. The average molecular weight is 283 g/mol. The summed E-state index contributed by atoms with van der Waals surface area (Å²) in [6.07, 6.45) is 2.70. The van der Waals surface area contributed by atoms with Crippen LogP contribution in [0.1, 0.15) is 25.3 Å². The van der Waals surface area contributed by atoms with Crippen LogP contribution in [-0.2, 0) is 6.54 Å². The molecular formula is C13H19BrN2. The number of nitrogens with one attached hydrogen (secondary N) is 1. The van der Waals surface area contributed by atoms with E-state index < -0.39 is 0 Å². The molecule has 0 unspecified atom stereocenters. The van der Waals surface area contributed by atoms with E-state index in [2.05, 4.69) is 51.3 Å². The van der Waals surface area contributed by atoms with Gasteiger partial charge in [0.1, 0.15) is 0 Å². The highest BCUT2D eigenvalue weighted by molar-refractivity contribution is 9.10. The van der Waals surface area contributed by atoms with E-state index in [0.717, 1.165) is 19.1 Å². The van der Waals surface area contributed by atoms with Crippen LogP contribution in [0.2, 0.25) is 0 Å². The van der Waals surface area contributed by atoms with Crippen LogP contribution in [0.15, 0.2) is 22.7 Å². The first-order chi connectivity index (χ1) is 7.76. The van der Waals surface area contributed by atoms with Crippen LogP contribution >= 0.6 is 15.9 Å². The Morgan fingerprint density at radius 1 is 1.44 bits per heavy atom. The van der Waals surface area contributed by atoms with Crippen LogP contribution in [0.3, 0.4) is 0 Å². The van der Waals surface area contributed by atoms with Crippen LogP contribution in [0.25, 0.3) is 0 Å².